The standard InChI is InChI=1S/C19H28N4O/c1-14(15-8-10-16(11-9-15)24-19(2,3)4)20-13-18-22-21-17-7-5-6-12-23(17)18/h8-11,14,20H,5-7,12-13H2,1-4H3. The largest absolute Gasteiger partial charge is 0.488 e. The van der Waals surface area contributed by atoms with E-state index in [9.17, 15) is 0 Å². The molecule has 0 fully saturated rings. The molecular formula is C19H28N4O. The molecule has 1 N–H and O–H groups in total. The molecule has 0 radical (unpaired) electrons. The van der Waals surface area contributed by atoms with Crippen molar-refractivity contribution < 1.29 is 4.74 Å². The van der Waals surface area contributed by atoms with Crippen LogP contribution >= 0.6 is 0 Å². The quantitative estimate of drug-likeness (QED) is 0.910. The molecule has 3 rings (SSSR count). The fourth-order valence-corrected chi connectivity index (χ4v) is 3.04. The topological polar surface area (TPSA) is 52.0 Å². The molecule has 0 amide bonds. The van der Waals surface area contributed by atoms with Crippen LogP contribution in [0.4, 0.5) is 0 Å². The number of aryl methyl sites for hydroxylation is 1. The van der Waals surface area contributed by atoms with Gasteiger partial charge in [-0.2, -0.15) is 0 Å². The lowest BCUT2D eigenvalue weighted by Gasteiger charge is -2.22. The number of nitrogens with one attached hydrogen (secondary N) is 1. The van der Waals surface area contributed by atoms with Gasteiger partial charge in [0.2, 0.25) is 0 Å². The zero-order valence-corrected chi connectivity index (χ0v) is 15.2. The third-order valence-corrected chi connectivity index (χ3v) is 4.31. The molecule has 5 heteroatoms. The summed E-state index contributed by atoms with van der Waals surface area (Å²) in [6.45, 7) is 10.1. The van der Waals surface area contributed by atoms with E-state index in [-0.39, 0.29) is 11.6 Å². The Bertz CT molecular complexity index is 670. The van der Waals surface area contributed by atoms with Gasteiger partial charge < -0.3 is 14.6 Å². The van der Waals surface area contributed by atoms with Crippen molar-refractivity contribution in [2.24, 2.45) is 0 Å². The van der Waals surface area contributed by atoms with E-state index in [1.54, 1.807) is 0 Å². The van der Waals surface area contributed by atoms with Crippen LogP contribution in [0.1, 0.15) is 63.8 Å². The van der Waals surface area contributed by atoms with E-state index in [0.29, 0.717) is 0 Å². The summed E-state index contributed by atoms with van der Waals surface area (Å²) < 4.78 is 8.14. The number of rotatable bonds is 5. The maximum Gasteiger partial charge on any atom is 0.147 e. The summed E-state index contributed by atoms with van der Waals surface area (Å²) in [4.78, 5) is 0. The predicted molar refractivity (Wildman–Crippen MR) is 95.0 cm³/mol. The number of hydrogen-bond acceptors (Lipinski definition) is 4. The Balaban J connectivity index is 1.59. The molecule has 1 aromatic heterocycles. The predicted octanol–water partition coefficient (Wildman–Crippen LogP) is 3.64. The fourth-order valence-electron chi connectivity index (χ4n) is 3.04. The summed E-state index contributed by atoms with van der Waals surface area (Å²) in [6.07, 6.45) is 3.51. The number of ether oxygens (including phenoxy) is 1. The van der Waals surface area contributed by atoms with Crippen LogP contribution in [0.2, 0.25) is 0 Å². The van der Waals surface area contributed by atoms with Gasteiger partial charge in [0.15, 0.2) is 0 Å². The van der Waals surface area contributed by atoms with Gasteiger partial charge >= 0.3 is 0 Å². The molecule has 0 saturated carbocycles. The Hall–Kier alpha value is -1.88. The van der Waals surface area contributed by atoms with E-state index in [1.165, 1.54) is 18.4 Å². The Kier molecular flexibility index (Phi) is 4.90. The number of benzene rings is 1. The minimum atomic E-state index is -0.169. The SMILES string of the molecule is CC(NCc1nnc2n1CCCC2)c1ccc(OC(C)(C)C)cc1. The highest BCUT2D eigenvalue weighted by Gasteiger charge is 2.16. The molecule has 1 aliphatic rings. The highest BCUT2D eigenvalue weighted by molar-refractivity contribution is 5.29. The van der Waals surface area contributed by atoms with Crippen molar-refractivity contribution >= 4 is 0 Å². The van der Waals surface area contributed by atoms with Crippen molar-refractivity contribution in [2.75, 3.05) is 0 Å². The van der Waals surface area contributed by atoms with Gasteiger partial charge in [0.05, 0.1) is 6.54 Å². The van der Waals surface area contributed by atoms with Crippen molar-refractivity contribution in [2.45, 2.75) is 71.7 Å². The minimum Gasteiger partial charge on any atom is -0.488 e. The average Bonchev–Trinajstić information content (AvgIpc) is 2.95. The average molecular weight is 328 g/mol. The number of hydrogen-bond donors (Lipinski definition) is 1. The first-order valence-corrected chi connectivity index (χ1v) is 8.86. The summed E-state index contributed by atoms with van der Waals surface area (Å²) in [6, 6.07) is 8.58. The Morgan fingerprint density at radius 3 is 2.62 bits per heavy atom. The fraction of sp³-hybridized carbons (Fsp3) is 0.579. The second-order valence-electron chi connectivity index (χ2n) is 7.53. The first kappa shape index (κ1) is 17.0. The minimum absolute atomic E-state index is 0.169. The molecule has 0 bridgehead atoms. The van der Waals surface area contributed by atoms with Crippen LogP contribution in [0, 0.1) is 0 Å². The van der Waals surface area contributed by atoms with Crippen LogP contribution in [0.5, 0.6) is 5.75 Å². The zero-order valence-electron chi connectivity index (χ0n) is 15.2. The lowest BCUT2D eigenvalue weighted by atomic mass is 10.1. The van der Waals surface area contributed by atoms with Crippen LogP contribution in [0.3, 0.4) is 0 Å². The van der Waals surface area contributed by atoms with Crippen molar-refractivity contribution in [3.8, 4) is 5.75 Å². The van der Waals surface area contributed by atoms with Crippen molar-refractivity contribution in [3.05, 3.63) is 41.5 Å². The molecular weight excluding hydrogens is 300 g/mol. The van der Waals surface area contributed by atoms with E-state index in [2.05, 4.69) is 59.9 Å². The van der Waals surface area contributed by atoms with E-state index >= 15 is 0 Å². The van der Waals surface area contributed by atoms with E-state index in [0.717, 1.165) is 36.9 Å². The second-order valence-corrected chi connectivity index (χ2v) is 7.53. The number of nitrogens with zero attached hydrogens (tertiary/aromatic N) is 3. The van der Waals surface area contributed by atoms with Gasteiger partial charge in [-0.3, -0.25) is 0 Å². The Labute approximate surface area is 144 Å². The molecule has 1 atom stereocenters. The smallest absolute Gasteiger partial charge is 0.147 e. The first-order valence-electron chi connectivity index (χ1n) is 8.86. The Morgan fingerprint density at radius 2 is 1.92 bits per heavy atom. The summed E-state index contributed by atoms with van der Waals surface area (Å²) in [5.74, 6) is 3.09. The third kappa shape index (κ3) is 4.15. The molecule has 2 heterocycles. The second kappa shape index (κ2) is 6.93. The molecule has 5 nitrogen and oxygen atoms in total. The molecule has 0 saturated heterocycles. The summed E-state index contributed by atoms with van der Waals surface area (Å²) in [7, 11) is 0. The summed E-state index contributed by atoms with van der Waals surface area (Å²) >= 11 is 0. The van der Waals surface area contributed by atoms with Gasteiger partial charge in [0.25, 0.3) is 0 Å². The lowest BCUT2D eigenvalue weighted by Crippen LogP contribution is -2.23. The highest BCUT2D eigenvalue weighted by Crippen LogP contribution is 2.22. The molecule has 2 aromatic rings. The molecule has 1 unspecified atom stereocenters. The summed E-state index contributed by atoms with van der Waals surface area (Å²) in [5, 5.41) is 12.2. The van der Waals surface area contributed by atoms with Crippen LogP contribution in [-0.2, 0) is 19.5 Å². The van der Waals surface area contributed by atoms with Crippen molar-refractivity contribution in [1.29, 1.82) is 0 Å². The van der Waals surface area contributed by atoms with Gasteiger partial charge in [-0.1, -0.05) is 12.1 Å². The van der Waals surface area contributed by atoms with Crippen LogP contribution in [0.15, 0.2) is 24.3 Å². The monoisotopic (exact) mass is 328 g/mol. The van der Waals surface area contributed by atoms with Gasteiger partial charge in [-0.05, 0) is 58.2 Å². The normalized spacial score (nSPS) is 15.8. The maximum absolute atomic E-state index is 5.88. The summed E-state index contributed by atoms with van der Waals surface area (Å²) in [5.41, 5.74) is 1.08. The van der Waals surface area contributed by atoms with Crippen molar-refractivity contribution in [1.82, 2.24) is 20.1 Å². The van der Waals surface area contributed by atoms with Gasteiger partial charge in [-0.15, -0.1) is 10.2 Å². The van der Waals surface area contributed by atoms with Crippen LogP contribution < -0.4 is 10.1 Å². The number of aromatic nitrogens is 3. The molecule has 24 heavy (non-hydrogen) atoms. The van der Waals surface area contributed by atoms with E-state index < -0.39 is 0 Å². The maximum atomic E-state index is 5.88. The molecule has 0 spiro atoms. The molecule has 1 aliphatic heterocycles. The van der Waals surface area contributed by atoms with Gasteiger partial charge in [-0.25, -0.2) is 0 Å². The van der Waals surface area contributed by atoms with Crippen LogP contribution in [-0.4, -0.2) is 20.4 Å². The highest BCUT2D eigenvalue weighted by atomic mass is 16.5. The molecule has 130 valence electrons. The van der Waals surface area contributed by atoms with E-state index in [1.807, 2.05) is 12.1 Å². The molecule has 1 aromatic carbocycles. The first-order chi connectivity index (χ1) is 11.4. The van der Waals surface area contributed by atoms with Crippen LogP contribution in [0.25, 0.3) is 0 Å². The lowest BCUT2D eigenvalue weighted by molar-refractivity contribution is 0.131. The van der Waals surface area contributed by atoms with Crippen molar-refractivity contribution in [3.63, 3.8) is 0 Å². The third-order valence-electron chi connectivity index (χ3n) is 4.31. The zero-order chi connectivity index (χ0) is 17.2. The molecule has 0 aliphatic carbocycles. The Morgan fingerprint density at radius 1 is 1.17 bits per heavy atom. The van der Waals surface area contributed by atoms with E-state index in [4.69, 9.17) is 4.74 Å². The van der Waals surface area contributed by atoms with Gasteiger partial charge in [0.1, 0.15) is 23.0 Å². The van der Waals surface area contributed by atoms with Gasteiger partial charge in [0, 0.05) is 19.0 Å². The number of fused-ring (bicyclic) bond motifs is 1.